The van der Waals surface area contributed by atoms with E-state index >= 15 is 0 Å². The van der Waals surface area contributed by atoms with Crippen molar-refractivity contribution >= 4 is 5.78 Å². The minimum atomic E-state index is -1.13. The molecule has 0 aromatic heterocycles. The third-order valence-electron chi connectivity index (χ3n) is 4.10. The van der Waals surface area contributed by atoms with Gasteiger partial charge in [-0.1, -0.05) is 0 Å². The largest absolute Gasteiger partial charge is 0.382 e. The van der Waals surface area contributed by atoms with Crippen molar-refractivity contribution in [2.45, 2.75) is 50.7 Å². The van der Waals surface area contributed by atoms with E-state index in [-0.39, 0.29) is 5.78 Å². The van der Waals surface area contributed by atoms with Gasteiger partial charge in [0.1, 0.15) is 5.60 Å². The summed E-state index contributed by atoms with van der Waals surface area (Å²) in [7, 11) is 1.49. The van der Waals surface area contributed by atoms with Gasteiger partial charge in [-0.25, -0.2) is 0 Å². The molecule has 0 unspecified atom stereocenters. The minimum Gasteiger partial charge on any atom is -0.382 e. The number of ether oxygens (including phenoxy) is 1. The standard InChI is InChI=1S/C12H18O3/c1-11(14)9-7-5-4-6-8(9)10(13)12(11,2)15-3/h14H,4-7H2,1-3H3/t11-,12-/m0/s1. The molecule has 0 radical (unpaired) electrons. The van der Waals surface area contributed by atoms with E-state index in [4.69, 9.17) is 4.74 Å². The predicted octanol–water partition coefficient (Wildman–Crippen LogP) is 1.60. The van der Waals surface area contributed by atoms with E-state index in [0.29, 0.717) is 0 Å². The van der Waals surface area contributed by atoms with Crippen molar-refractivity contribution in [2.75, 3.05) is 7.11 Å². The van der Waals surface area contributed by atoms with Crippen LogP contribution in [0.5, 0.6) is 0 Å². The molecule has 3 heteroatoms. The number of ketones is 1. The molecule has 15 heavy (non-hydrogen) atoms. The van der Waals surface area contributed by atoms with E-state index in [0.717, 1.165) is 36.8 Å². The Balaban J connectivity index is 2.51. The zero-order valence-electron chi connectivity index (χ0n) is 9.59. The van der Waals surface area contributed by atoms with Crippen molar-refractivity contribution in [3.63, 3.8) is 0 Å². The van der Waals surface area contributed by atoms with Gasteiger partial charge in [-0.3, -0.25) is 4.79 Å². The lowest BCUT2D eigenvalue weighted by atomic mass is 9.82. The fourth-order valence-corrected chi connectivity index (χ4v) is 2.78. The summed E-state index contributed by atoms with van der Waals surface area (Å²) in [5.41, 5.74) is -0.491. The number of rotatable bonds is 1. The molecule has 0 saturated carbocycles. The maximum Gasteiger partial charge on any atom is 0.193 e. The summed E-state index contributed by atoms with van der Waals surface area (Å²) in [6.07, 6.45) is 3.72. The van der Waals surface area contributed by atoms with Crippen molar-refractivity contribution in [3.05, 3.63) is 11.1 Å². The SMILES string of the molecule is CO[C@@]1(C)C(=O)C2=C(CCCC2)[C@]1(C)O. The van der Waals surface area contributed by atoms with Crippen LogP contribution in [0.1, 0.15) is 39.5 Å². The molecule has 0 fully saturated rings. The lowest BCUT2D eigenvalue weighted by Crippen LogP contribution is -2.53. The van der Waals surface area contributed by atoms with Crippen LogP contribution in [-0.4, -0.2) is 29.2 Å². The third-order valence-corrected chi connectivity index (χ3v) is 4.10. The number of carbonyl (C=O) groups excluding carboxylic acids is 1. The van der Waals surface area contributed by atoms with E-state index in [1.165, 1.54) is 7.11 Å². The fraction of sp³-hybridized carbons (Fsp3) is 0.750. The van der Waals surface area contributed by atoms with Crippen LogP contribution in [0.15, 0.2) is 11.1 Å². The topological polar surface area (TPSA) is 46.5 Å². The van der Waals surface area contributed by atoms with Gasteiger partial charge in [0.2, 0.25) is 0 Å². The lowest BCUT2D eigenvalue weighted by molar-refractivity contribution is -0.156. The quantitative estimate of drug-likeness (QED) is 0.715. The molecular formula is C12H18O3. The lowest BCUT2D eigenvalue weighted by Gasteiger charge is -2.36. The molecule has 0 spiro atoms. The molecule has 2 aliphatic carbocycles. The Hall–Kier alpha value is -0.670. The van der Waals surface area contributed by atoms with Crippen molar-refractivity contribution < 1.29 is 14.6 Å². The average molecular weight is 210 g/mol. The molecule has 0 saturated heterocycles. The summed E-state index contributed by atoms with van der Waals surface area (Å²) in [4.78, 5) is 12.2. The smallest absolute Gasteiger partial charge is 0.193 e. The second-order valence-electron chi connectivity index (χ2n) is 4.80. The van der Waals surface area contributed by atoms with Gasteiger partial charge in [0.25, 0.3) is 0 Å². The van der Waals surface area contributed by atoms with Crippen molar-refractivity contribution in [2.24, 2.45) is 0 Å². The fourth-order valence-electron chi connectivity index (χ4n) is 2.78. The molecule has 0 bridgehead atoms. The van der Waals surface area contributed by atoms with E-state index in [1.54, 1.807) is 13.8 Å². The van der Waals surface area contributed by atoms with Gasteiger partial charge < -0.3 is 9.84 Å². The van der Waals surface area contributed by atoms with Gasteiger partial charge in [0.15, 0.2) is 11.4 Å². The first kappa shape index (κ1) is 10.8. The summed E-state index contributed by atoms with van der Waals surface area (Å²) < 4.78 is 5.28. The Morgan fingerprint density at radius 3 is 2.40 bits per heavy atom. The number of Topliss-reactive ketones (excluding diaryl/α,β-unsaturated/α-hetero) is 1. The number of methoxy groups -OCH3 is 1. The predicted molar refractivity (Wildman–Crippen MR) is 56.5 cm³/mol. The second-order valence-corrected chi connectivity index (χ2v) is 4.80. The zero-order chi connectivity index (χ0) is 11.3. The normalized spacial score (nSPS) is 40.9. The number of aliphatic hydroxyl groups is 1. The van der Waals surface area contributed by atoms with Crippen LogP contribution in [0, 0.1) is 0 Å². The monoisotopic (exact) mass is 210 g/mol. The second kappa shape index (κ2) is 3.16. The molecule has 2 aliphatic rings. The first-order valence-electron chi connectivity index (χ1n) is 5.50. The van der Waals surface area contributed by atoms with Gasteiger partial charge in [0, 0.05) is 12.7 Å². The highest BCUT2D eigenvalue weighted by atomic mass is 16.5. The van der Waals surface area contributed by atoms with Crippen molar-refractivity contribution in [3.8, 4) is 0 Å². The first-order chi connectivity index (χ1) is 6.95. The highest BCUT2D eigenvalue weighted by Gasteiger charge is 2.59. The van der Waals surface area contributed by atoms with Crippen LogP contribution in [-0.2, 0) is 9.53 Å². The maximum absolute atomic E-state index is 12.2. The van der Waals surface area contributed by atoms with Crippen LogP contribution in [0.4, 0.5) is 0 Å². The molecule has 0 aliphatic heterocycles. The highest BCUT2D eigenvalue weighted by Crippen LogP contribution is 2.48. The molecule has 2 rings (SSSR count). The van der Waals surface area contributed by atoms with Gasteiger partial charge in [-0.05, 0) is 45.1 Å². The summed E-state index contributed by atoms with van der Waals surface area (Å²) in [6.45, 7) is 3.38. The summed E-state index contributed by atoms with van der Waals surface area (Å²) in [6, 6.07) is 0. The van der Waals surface area contributed by atoms with Gasteiger partial charge in [-0.15, -0.1) is 0 Å². The Morgan fingerprint density at radius 1 is 1.27 bits per heavy atom. The van der Waals surface area contributed by atoms with Crippen LogP contribution in [0.2, 0.25) is 0 Å². The van der Waals surface area contributed by atoms with Gasteiger partial charge in [0.05, 0.1) is 0 Å². The molecule has 0 amide bonds. The molecule has 84 valence electrons. The van der Waals surface area contributed by atoms with Crippen LogP contribution in [0.3, 0.4) is 0 Å². The average Bonchev–Trinajstić information content (AvgIpc) is 2.40. The summed E-state index contributed by atoms with van der Waals surface area (Å²) >= 11 is 0. The number of hydrogen-bond acceptors (Lipinski definition) is 3. The molecular weight excluding hydrogens is 192 g/mol. The van der Waals surface area contributed by atoms with E-state index in [2.05, 4.69) is 0 Å². The Kier molecular flexibility index (Phi) is 2.28. The zero-order valence-corrected chi connectivity index (χ0v) is 9.59. The number of carbonyl (C=O) groups is 1. The Morgan fingerprint density at radius 2 is 1.87 bits per heavy atom. The Labute approximate surface area is 90.1 Å². The van der Waals surface area contributed by atoms with Crippen LogP contribution in [0.25, 0.3) is 0 Å². The van der Waals surface area contributed by atoms with Gasteiger partial charge in [-0.2, -0.15) is 0 Å². The van der Waals surface area contributed by atoms with Crippen LogP contribution >= 0.6 is 0 Å². The van der Waals surface area contributed by atoms with Gasteiger partial charge >= 0.3 is 0 Å². The van der Waals surface area contributed by atoms with E-state index in [1.807, 2.05) is 0 Å². The molecule has 0 aromatic rings. The Bertz CT molecular complexity index is 341. The maximum atomic E-state index is 12.2. The third kappa shape index (κ3) is 1.16. The highest BCUT2D eigenvalue weighted by molar-refractivity contribution is 6.07. The van der Waals surface area contributed by atoms with E-state index < -0.39 is 11.2 Å². The number of hydrogen-bond donors (Lipinski definition) is 1. The minimum absolute atomic E-state index is 0.0234. The van der Waals surface area contributed by atoms with Crippen LogP contribution < -0.4 is 0 Å². The van der Waals surface area contributed by atoms with Crippen molar-refractivity contribution in [1.29, 1.82) is 0 Å². The molecule has 2 atom stereocenters. The summed E-state index contributed by atoms with van der Waals surface area (Å²) in [5.74, 6) is -0.0234. The van der Waals surface area contributed by atoms with E-state index in [9.17, 15) is 9.90 Å². The first-order valence-corrected chi connectivity index (χ1v) is 5.50. The summed E-state index contributed by atoms with van der Waals surface area (Å²) in [5, 5.41) is 10.5. The molecule has 0 heterocycles. The molecule has 3 nitrogen and oxygen atoms in total. The van der Waals surface area contributed by atoms with Crippen molar-refractivity contribution in [1.82, 2.24) is 0 Å². The molecule has 1 N–H and O–H groups in total. The molecule has 0 aromatic carbocycles.